The zero-order chi connectivity index (χ0) is 22.3. The Morgan fingerprint density at radius 3 is 1.30 bits per heavy atom. The average molecular weight is 423 g/mol. The van der Waals surface area contributed by atoms with Gasteiger partial charge in [-0.2, -0.15) is 0 Å². The van der Waals surface area contributed by atoms with E-state index in [0.29, 0.717) is 5.41 Å². The van der Waals surface area contributed by atoms with Crippen molar-refractivity contribution in [2.75, 3.05) is 0 Å². The largest absolute Gasteiger partial charge is 0.0654 e. The molecular formula is C30H62. The lowest BCUT2D eigenvalue weighted by molar-refractivity contribution is 0.172. The van der Waals surface area contributed by atoms with E-state index >= 15 is 0 Å². The second-order valence-electron chi connectivity index (χ2n) is 10.6. The summed E-state index contributed by atoms with van der Waals surface area (Å²) >= 11 is 0. The van der Waals surface area contributed by atoms with Gasteiger partial charge in [0.2, 0.25) is 0 Å². The van der Waals surface area contributed by atoms with Gasteiger partial charge in [-0.3, -0.25) is 0 Å². The Morgan fingerprint density at radius 1 is 0.367 bits per heavy atom. The summed E-state index contributed by atoms with van der Waals surface area (Å²) in [5, 5.41) is 0. The molecular weight excluding hydrogens is 360 g/mol. The van der Waals surface area contributed by atoms with Crippen molar-refractivity contribution < 1.29 is 0 Å². The summed E-state index contributed by atoms with van der Waals surface area (Å²) in [6.45, 7) is 11.8. The highest BCUT2D eigenvalue weighted by molar-refractivity contribution is 4.80. The van der Waals surface area contributed by atoms with Crippen LogP contribution in [0.15, 0.2) is 0 Å². The van der Waals surface area contributed by atoms with E-state index in [1.807, 2.05) is 0 Å². The van der Waals surface area contributed by atoms with Crippen LogP contribution in [-0.4, -0.2) is 0 Å². The molecule has 0 spiro atoms. The minimum absolute atomic E-state index is 0.681. The molecule has 0 bridgehead atoms. The number of hydrogen-bond donors (Lipinski definition) is 0. The Bertz CT molecular complexity index is 320. The molecule has 0 radical (unpaired) electrons. The van der Waals surface area contributed by atoms with Gasteiger partial charge in [0, 0.05) is 0 Å². The molecule has 0 rings (SSSR count). The van der Waals surface area contributed by atoms with Crippen molar-refractivity contribution in [2.45, 2.75) is 182 Å². The van der Waals surface area contributed by atoms with Gasteiger partial charge < -0.3 is 0 Å². The highest BCUT2D eigenvalue weighted by Gasteiger charge is 2.28. The van der Waals surface area contributed by atoms with Crippen molar-refractivity contribution in [1.29, 1.82) is 0 Å². The van der Waals surface area contributed by atoms with Gasteiger partial charge >= 0.3 is 0 Å². The Hall–Kier alpha value is 0. The lowest BCUT2D eigenvalue weighted by atomic mass is 9.70. The number of hydrogen-bond acceptors (Lipinski definition) is 0. The van der Waals surface area contributed by atoms with Crippen LogP contribution in [0, 0.1) is 11.3 Å². The zero-order valence-electron chi connectivity index (χ0n) is 22.3. The molecule has 0 nitrogen and oxygen atoms in total. The Morgan fingerprint density at radius 2 is 0.733 bits per heavy atom. The van der Waals surface area contributed by atoms with E-state index in [2.05, 4.69) is 34.6 Å². The zero-order valence-corrected chi connectivity index (χ0v) is 22.3. The normalized spacial score (nSPS) is 14.7. The Balaban J connectivity index is 4.69. The molecule has 0 fully saturated rings. The molecule has 0 N–H and O–H groups in total. The minimum Gasteiger partial charge on any atom is -0.0654 e. The molecule has 0 aliphatic carbocycles. The Kier molecular flexibility index (Phi) is 22.2. The lowest BCUT2D eigenvalue weighted by Gasteiger charge is -2.35. The first-order chi connectivity index (χ1) is 14.7. The summed E-state index contributed by atoms with van der Waals surface area (Å²) in [6.07, 6.45) is 33.6. The average Bonchev–Trinajstić information content (AvgIpc) is 2.76. The SMILES string of the molecule is CCCCCCC(CCCC)(CCCCC)CCCCC(CCCC)CCCCC. The Labute approximate surface area is 193 Å². The molecule has 0 saturated carbocycles. The van der Waals surface area contributed by atoms with Crippen LogP contribution in [0.25, 0.3) is 0 Å². The van der Waals surface area contributed by atoms with Gasteiger partial charge in [-0.15, -0.1) is 0 Å². The van der Waals surface area contributed by atoms with Gasteiger partial charge in [0.05, 0.1) is 0 Å². The molecule has 0 amide bonds. The molecule has 30 heavy (non-hydrogen) atoms. The standard InChI is InChI=1S/C30H62/c1-6-11-16-20-27-30(25-15-10-5,26-19-13-8-3)28-21-18-24-29(22-14-9-4)23-17-12-7-2/h29H,6-28H2,1-5H3. The summed E-state index contributed by atoms with van der Waals surface area (Å²) in [6, 6.07) is 0. The van der Waals surface area contributed by atoms with Crippen molar-refractivity contribution in [1.82, 2.24) is 0 Å². The van der Waals surface area contributed by atoms with Crippen molar-refractivity contribution in [3.63, 3.8) is 0 Å². The van der Waals surface area contributed by atoms with E-state index in [9.17, 15) is 0 Å². The molecule has 0 saturated heterocycles. The summed E-state index contributed by atoms with van der Waals surface area (Å²) < 4.78 is 0. The third-order valence-corrected chi connectivity index (χ3v) is 7.68. The van der Waals surface area contributed by atoms with Gasteiger partial charge in [0.15, 0.2) is 0 Å². The summed E-state index contributed by atoms with van der Waals surface area (Å²) in [5.74, 6) is 1.02. The van der Waals surface area contributed by atoms with E-state index in [1.54, 1.807) is 0 Å². The third kappa shape index (κ3) is 16.7. The summed E-state index contributed by atoms with van der Waals surface area (Å²) in [4.78, 5) is 0. The monoisotopic (exact) mass is 422 g/mol. The van der Waals surface area contributed by atoms with E-state index in [1.165, 1.54) is 148 Å². The highest BCUT2D eigenvalue weighted by Crippen LogP contribution is 2.42. The smallest absolute Gasteiger partial charge is 0.0297 e. The van der Waals surface area contributed by atoms with Crippen LogP contribution < -0.4 is 0 Å². The minimum atomic E-state index is 0.681. The topological polar surface area (TPSA) is 0 Å². The van der Waals surface area contributed by atoms with Crippen molar-refractivity contribution >= 4 is 0 Å². The highest BCUT2D eigenvalue weighted by atomic mass is 14.3. The van der Waals surface area contributed by atoms with Crippen LogP contribution in [0.1, 0.15) is 182 Å². The fourth-order valence-corrected chi connectivity index (χ4v) is 5.52. The third-order valence-electron chi connectivity index (χ3n) is 7.68. The van der Waals surface area contributed by atoms with Crippen LogP contribution in [0.3, 0.4) is 0 Å². The molecule has 0 aliphatic rings. The fraction of sp³-hybridized carbons (Fsp3) is 1.00. The summed E-state index contributed by atoms with van der Waals surface area (Å²) in [5.41, 5.74) is 0.681. The second-order valence-corrected chi connectivity index (χ2v) is 10.6. The number of rotatable bonds is 24. The van der Waals surface area contributed by atoms with Crippen molar-refractivity contribution in [3.05, 3.63) is 0 Å². The first-order valence-electron chi connectivity index (χ1n) is 14.7. The quantitative estimate of drug-likeness (QED) is 0.136. The second kappa shape index (κ2) is 22.2. The van der Waals surface area contributed by atoms with Crippen LogP contribution in [-0.2, 0) is 0 Å². The molecule has 2 unspecified atom stereocenters. The first kappa shape index (κ1) is 30.0. The van der Waals surface area contributed by atoms with Crippen LogP contribution in [0.2, 0.25) is 0 Å². The maximum atomic E-state index is 2.39. The summed E-state index contributed by atoms with van der Waals surface area (Å²) in [7, 11) is 0. The van der Waals surface area contributed by atoms with Gasteiger partial charge in [-0.1, -0.05) is 157 Å². The lowest BCUT2D eigenvalue weighted by Crippen LogP contribution is -2.21. The van der Waals surface area contributed by atoms with Crippen molar-refractivity contribution in [3.8, 4) is 0 Å². The molecule has 0 aromatic carbocycles. The maximum Gasteiger partial charge on any atom is -0.0297 e. The van der Waals surface area contributed by atoms with Crippen LogP contribution >= 0.6 is 0 Å². The van der Waals surface area contributed by atoms with Gasteiger partial charge in [-0.25, -0.2) is 0 Å². The molecule has 0 aromatic rings. The molecule has 2 atom stereocenters. The predicted molar refractivity (Wildman–Crippen MR) is 140 cm³/mol. The number of unbranched alkanes of at least 4 members (excludes halogenated alkanes) is 10. The van der Waals surface area contributed by atoms with Crippen LogP contribution in [0.4, 0.5) is 0 Å². The van der Waals surface area contributed by atoms with E-state index in [4.69, 9.17) is 0 Å². The maximum absolute atomic E-state index is 2.39. The molecule has 0 heterocycles. The van der Waals surface area contributed by atoms with Gasteiger partial charge in [0.25, 0.3) is 0 Å². The molecule has 182 valence electrons. The van der Waals surface area contributed by atoms with E-state index in [-0.39, 0.29) is 0 Å². The molecule has 0 aliphatic heterocycles. The predicted octanol–water partition coefficient (Wildman–Crippen LogP) is 11.7. The van der Waals surface area contributed by atoms with E-state index < -0.39 is 0 Å². The molecule has 0 aromatic heterocycles. The van der Waals surface area contributed by atoms with Gasteiger partial charge in [-0.05, 0) is 37.0 Å². The van der Waals surface area contributed by atoms with Gasteiger partial charge in [0.1, 0.15) is 0 Å². The molecule has 0 heteroatoms. The van der Waals surface area contributed by atoms with Crippen LogP contribution in [0.5, 0.6) is 0 Å². The fourth-order valence-electron chi connectivity index (χ4n) is 5.52. The first-order valence-corrected chi connectivity index (χ1v) is 14.7. The van der Waals surface area contributed by atoms with E-state index in [0.717, 1.165) is 5.92 Å². The van der Waals surface area contributed by atoms with Crippen molar-refractivity contribution in [2.24, 2.45) is 11.3 Å².